The number of carbonyl (C=O) groups is 2. The number of carbonyl (C=O) groups excluding carboxylic acids is 2. The number of rotatable bonds is 8. The van der Waals surface area contributed by atoms with E-state index in [1.807, 2.05) is 55.4 Å². The Morgan fingerprint density at radius 1 is 1.10 bits per heavy atom. The lowest BCUT2D eigenvalue weighted by atomic mass is 9.86. The standard InChI is InChI=1S/C30H31N5O2S2/c1-34(2)12-13-35(17-19-6-4-3-5-7-19)30(37)21-9-11-23-25(14-21)39-29-27(23)28(31-18-32-29)33-22-10-8-20-15-26(36)38-24(20)16-22/h3-8,10,16,18,21H,9,11-15,17H2,1-2H3,(H,31,32,33). The van der Waals surface area contributed by atoms with Crippen molar-refractivity contribution in [1.82, 2.24) is 19.8 Å². The Labute approximate surface area is 236 Å². The summed E-state index contributed by atoms with van der Waals surface area (Å²) in [5, 5.41) is 4.73. The summed E-state index contributed by atoms with van der Waals surface area (Å²) in [4.78, 5) is 42.2. The fraction of sp³-hybridized carbons (Fsp3) is 0.333. The third kappa shape index (κ3) is 5.57. The number of hydrogen-bond acceptors (Lipinski definition) is 8. The minimum absolute atomic E-state index is 0.0351. The maximum atomic E-state index is 13.8. The van der Waals surface area contributed by atoms with E-state index in [-0.39, 0.29) is 16.9 Å². The van der Waals surface area contributed by atoms with Crippen LogP contribution in [0.15, 0.2) is 59.8 Å². The number of nitrogens with zero attached hydrogens (tertiary/aromatic N) is 4. The van der Waals surface area contributed by atoms with Gasteiger partial charge in [0.1, 0.15) is 17.0 Å². The molecule has 0 spiro atoms. The maximum Gasteiger partial charge on any atom is 0.226 e. The average molecular weight is 558 g/mol. The van der Waals surface area contributed by atoms with Gasteiger partial charge < -0.3 is 15.1 Å². The molecule has 1 N–H and O–H groups in total. The minimum Gasteiger partial charge on any atom is -0.340 e. The molecule has 2 aliphatic rings. The molecule has 0 bridgehead atoms. The van der Waals surface area contributed by atoms with Gasteiger partial charge >= 0.3 is 0 Å². The molecule has 3 heterocycles. The molecule has 1 aliphatic carbocycles. The number of fused-ring (bicyclic) bond motifs is 4. The van der Waals surface area contributed by atoms with Crippen LogP contribution in [0.25, 0.3) is 10.2 Å². The Morgan fingerprint density at radius 3 is 2.77 bits per heavy atom. The third-order valence-electron chi connectivity index (χ3n) is 7.43. The molecule has 1 amide bonds. The van der Waals surface area contributed by atoms with Gasteiger partial charge in [-0.05, 0) is 62.2 Å². The molecule has 39 heavy (non-hydrogen) atoms. The molecule has 0 fully saturated rings. The van der Waals surface area contributed by atoms with Gasteiger partial charge in [0.2, 0.25) is 5.91 Å². The second-order valence-electron chi connectivity index (χ2n) is 10.5. The average Bonchev–Trinajstić information content (AvgIpc) is 3.50. The van der Waals surface area contributed by atoms with E-state index in [4.69, 9.17) is 0 Å². The van der Waals surface area contributed by atoms with Crippen LogP contribution in [0.3, 0.4) is 0 Å². The van der Waals surface area contributed by atoms with Gasteiger partial charge in [-0.25, -0.2) is 9.97 Å². The van der Waals surface area contributed by atoms with E-state index in [0.29, 0.717) is 19.5 Å². The van der Waals surface area contributed by atoms with Crippen molar-refractivity contribution < 1.29 is 9.59 Å². The zero-order valence-electron chi connectivity index (χ0n) is 22.1. The number of likely N-dealkylation sites (N-methyl/N-ethyl adjacent to an activating group) is 1. The molecular formula is C30H31N5O2S2. The normalized spacial score (nSPS) is 16.4. The highest BCUT2D eigenvalue weighted by Crippen LogP contribution is 2.41. The number of nitrogens with one attached hydrogen (secondary N) is 1. The minimum atomic E-state index is -0.0351. The largest absolute Gasteiger partial charge is 0.340 e. The Kier molecular flexibility index (Phi) is 7.38. The predicted octanol–water partition coefficient (Wildman–Crippen LogP) is 5.31. The Balaban J connectivity index is 1.23. The van der Waals surface area contributed by atoms with Crippen molar-refractivity contribution in [3.8, 4) is 0 Å². The van der Waals surface area contributed by atoms with E-state index in [2.05, 4.69) is 32.3 Å². The van der Waals surface area contributed by atoms with E-state index in [9.17, 15) is 9.59 Å². The van der Waals surface area contributed by atoms with Crippen LogP contribution in [0.2, 0.25) is 0 Å². The molecule has 2 aromatic heterocycles. The van der Waals surface area contributed by atoms with Crippen molar-refractivity contribution >= 4 is 55.8 Å². The Hall–Kier alpha value is -3.27. The van der Waals surface area contributed by atoms with Gasteiger partial charge in [-0.1, -0.05) is 48.2 Å². The number of aromatic nitrogens is 2. The number of thiophene rings is 1. The van der Waals surface area contributed by atoms with Crippen LogP contribution < -0.4 is 5.32 Å². The number of anilines is 2. The lowest BCUT2D eigenvalue weighted by molar-refractivity contribution is -0.136. The summed E-state index contributed by atoms with van der Waals surface area (Å²) in [6.07, 6.45) is 4.48. The number of benzene rings is 2. The monoisotopic (exact) mass is 557 g/mol. The SMILES string of the molecule is CN(C)CCN(Cc1ccccc1)C(=O)C1CCc2c(sc3ncnc(Nc4ccc5c(c4)SC(=O)C5)c23)C1. The van der Waals surface area contributed by atoms with E-state index in [1.165, 1.54) is 22.2 Å². The lowest BCUT2D eigenvalue weighted by Crippen LogP contribution is -2.41. The van der Waals surface area contributed by atoms with E-state index in [1.54, 1.807) is 17.7 Å². The summed E-state index contributed by atoms with van der Waals surface area (Å²) >= 11 is 2.99. The topological polar surface area (TPSA) is 78.4 Å². The van der Waals surface area contributed by atoms with Gasteiger partial charge in [0.25, 0.3) is 0 Å². The molecule has 6 rings (SSSR count). The highest BCUT2D eigenvalue weighted by Gasteiger charge is 2.32. The van der Waals surface area contributed by atoms with Crippen molar-refractivity contribution in [3.63, 3.8) is 0 Å². The zero-order chi connectivity index (χ0) is 26.9. The predicted molar refractivity (Wildman–Crippen MR) is 158 cm³/mol. The van der Waals surface area contributed by atoms with Gasteiger partial charge in [-0.2, -0.15) is 0 Å². The molecule has 4 aromatic rings. The summed E-state index contributed by atoms with van der Waals surface area (Å²) in [7, 11) is 4.09. The first-order valence-electron chi connectivity index (χ1n) is 13.3. The molecule has 2 aromatic carbocycles. The zero-order valence-corrected chi connectivity index (χ0v) is 23.8. The first kappa shape index (κ1) is 26.0. The van der Waals surface area contributed by atoms with Crippen LogP contribution in [0.4, 0.5) is 11.5 Å². The highest BCUT2D eigenvalue weighted by atomic mass is 32.2. The number of amides is 1. The van der Waals surface area contributed by atoms with Crippen LogP contribution in [-0.4, -0.2) is 58.0 Å². The smallest absolute Gasteiger partial charge is 0.226 e. The molecule has 0 saturated carbocycles. The van der Waals surface area contributed by atoms with Crippen LogP contribution >= 0.6 is 23.1 Å². The van der Waals surface area contributed by atoms with Crippen molar-refractivity contribution in [2.24, 2.45) is 5.92 Å². The van der Waals surface area contributed by atoms with Crippen LogP contribution in [0, 0.1) is 5.92 Å². The second-order valence-corrected chi connectivity index (χ2v) is 12.7. The molecule has 9 heteroatoms. The Bertz CT molecular complexity index is 1540. The van der Waals surface area contributed by atoms with E-state index < -0.39 is 0 Å². The molecular weight excluding hydrogens is 526 g/mol. The number of thioether (sulfide) groups is 1. The van der Waals surface area contributed by atoms with Gasteiger partial charge in [-0.15, -0.1) is 11.3 Å². The quantitative estimate of drug-likeness (QED) is 0.315. The van der Waals surface area contributed by atoms with E-state index >= 15 is 0 Å². The fourth-order valence-electron chi connectivity index (χ4n) is 5.39. The molecule has 1 aliphatic heterocycles. The van der Waals surface area contributed by atoms with Crippen molar-refractivity contribution in [2.75, 3.05) is 32.5 Å². The third-order valence-corrected chi connectivity index (χ3v) is 9.56. The molecule has 1 atom stereocenters. The second kappa shape index (κ2) is 11.1. The molecule has 0 radical (unpaired) electrons. The van der Waals surface area contributed by atoms with E-state index in [0.717, 1.165) is 63.6 Å². The number of hydrogen-bond donors (Lipinski definition) is 1. The summed E-state index contributed by atoms with van der Waals surface area (Å²) in [5.41, 5.74) is 4.41. The van der Waals surface area contributed by atoms with Gasteiger partial charge in [0.05, 0.1) is 5.39 Å². The summed E-state index contributed by atoms with van der Waals surface area (Å²) < 4.78 is 0. The van der Waals surface area contributed by atoms with Crippen molar-refractivity contribution in [3.05, 3.63) is 76.4 Å². The molecule has 200 valence electrons. The highest BCUT2D eigenvalue weighted by molar-refractivity contribution is 8.14. The molecule has 7 nitrogen and oxygen atoms in total. The molecule has 0 saturated heterocycles. The summed E-state index contributed by atoms with van der Waals surface area (Å²) in [6.45, 7) is 2.17. The first-order valence-corrected chi connectivity index (χ1v) is 14.9. The maximum absolute atomic E-state index is 13.8. The van der Waals surface area contributed by atoms with Gasteiger partial charge in [0, 0.05) is 47.4 Å². The van der Waals surface area contributed by atoms with Crippen molar-refractivity contribution in [2.45, 2.75) is 37.1 Å². The summed E-state index contributed by atoms with van der Waals surface area (Å²) in [5.74, 6) is 0.985. The van der Waals surface area contributed by atoms with Crippen LogP contribution in [-0.2, 0) is 35.4 Å². The van der Waals surface area contributed by atoms with Crippen molar-refractivity contribution in [1.29, 1.82) is 0 Å². The molecule has 1 unspecified atom stereocenters. The van der Waals surface area contributed by atoms with Gasteiger partial charge in [0.15, 0.2) is 5.12 Å². The Morgan fingerprint density at radius 2 is 1.95 bits per heavy atom. The first-order chi connectivity index (χ1) is 18.9. The number of aryl methyl sites for hydroxylation is 1. The summed E-state index contributed by atoms with van der Waals surface area (Å²) in [6, 6.07) is 16.3. The van der Waals surface area contributed by atoms with Gasteiger partial charge in [-0.3, -0.25) is 9.59 Å². The fourth-order valence-corrected chi connectivity index (χ4v) is 7.59. The van der Waals surface area contributed by atoms with Crippen LogP contribution in [0.1, 0.15) is 28.0 Å². The van der Waals surface area contributed by atoms with Crippen LogP contribution in [0.5, 0.6) is 0 Å². The lowest BCUT2D eigenvalue weighted by Gasteiger charge is -2.30.